The summed E-state index contributed by atoms with van der Waals surface area (Å²) in [5, 5.41) is 0.471. The van der Waals surface area contributed by atoms with Gasteiger partial charge in [-0.2, -0.15) is 0 Å². The molecule has 0 atom stereocenters. The van der Waals surface area contributed by atoms with Gasteiger partial charge in [0, 0.05) is 5.56 Å². The summed E-state index contributed by atoms with van der Waals surface area (Å²) in [5.41, 5.74) is 0.554. The second kappa shape index (κ2) is 6.25. The predicted molar refractivity (Wildman–Crippen MR) is 61.8 cm³/mol. The molecule has 0 aliphatic heterocycles. The smallest absolute Gasteiger partial charge is 0.150 e. The van der Waals surface area contributed by atoms with E-state index in [1.54, 1.807) is 18.2 Å². The van der Waals surface area contributed by atoms with Crippen molar-refractivity contribution in [1.82, 2.24) is 0 Å². The van der Waals surface area contributed by atoms with Gasteiger partial charge in [0.1, 0.15) is 12.0 Å². The van der Waals surface area contributed by atoms with Crippen LogP contribution in [0.3, 0.4) is 0 Å². The van der Waals surface area contributed by atoms with E-state index in [4.69, 9.17) is 16.3 Å². The molecule has 80 valence electrons. The fourth-order valence-corrected chi connectivity index (χ4v) is 1.36. The van der Waals surface area contributed by atoms with Crippen molar-refractivity contribution in [3.8, 4) is 5.75 Å². The van der Waals surface area contributed by atoms with Crippen LogP contribution in [0.5, 0.6) is 5.75 Å². The van der Waals surface area contributed by atoms with E-state index in [9.17, 15) is 4.79 Å². The molecule has 15 heavy (non-hydrogen) atoms. The zero-order chi connectivity index (χ0) is 11.1. The minimum Gasteiger partial charge on any atom is -0.492 e. The van der Waals surface area contributed by atoms with Crippen molar-refractivity contribution in [2.75, 3.05) is 6.61 Å². The first-order valence-corrected chi connectivity index (χ1v) is 5.14. The number of hydrogen-bond donors (Lipinski definition) is 0. The molecule has 0 unspecified atom stereocenters. The highest BCUT2D eigenvalue weighted by Gasteiger charge is 2.01. The molecule has 0 saturated carbocycles. The monoisotopic (exact) mass is 224 g/mol. The van der Waals surface area contributed by atoms with Crippen molar-refractivity contribution in [3.63, 3.8) is 0 Å². The molecule has 0 amide bonds. The Morgan fingerprint density at radius 2 is 2.27 bits per heavy atom. The molecule has 0 bridgehead atoms. The lowest BCUT2D eigenvalue weighted by molar-refractivity contribution is 0.112. The van der Waals surface area contributed by atoms with Gasteiger partial charge in [0.2, 0.25) is 0 Å². The van der Waals surface area contributed by atoms with Gasteiger partial charge < -0.3 is 4.74 Å². The fourth-order valence-electron chi connectivity index (χ4n) is 1.12. The number of halogens is 1. The Labute approximate surface area is 94.5 Å². The van der Waals surface area contributed by atoms with Gasteiger partial charge in [-0.25, -0.2) is 0 Å². The number of unbranched alkanes of at least 4 members (excludes halogenated alkanes) is 1. The molecule has 0 fully saturated rings. The van der Waals surface area contributed by atoms with Crippen LogP contribution in [-0.2, 0) is 0 Å². The topological polar surface area (TPSA) is 26.3 Å². The Morgan fingerprint density at radius 3 is 2.87 bits per heavy atom. The van der Waals surface area contributed by atoms with Gasteiger partial charge >= 0.3 is 0 Å². The number of allylic oxidation sites excluding steroid dienone is 1. The van der Waals surface area contributed by atoms with E-state index in [-0.39, 0.29) is 0 Å². The van der Waals surface area contributed by atoms with Gasteiger partial charge in [-0.15, -0.1) is 6.58 Å². The third-order valence-electron chi connectivity index (χ3n) is 1.90. The maximum Gasteiger partial charge on any atom is 0.150 e. The molecule has 0 saturated heterocycles. The fraction of sp³-hybridized carbons (Fsp3) is 0.250. The van der Waals surface area contributed by atoms with Crippen LogP contribution in [0, 0.1) is 0 Å². The molecule has 1 rings (SSSR count). The van der Waals surface area contributed by atoms with Crippen LogP contribution < -0.4 is 4.74 Å². The van der Waals surface area contributed by atoms with E-state index in [1.165, 1.54) is 0 Å². The van der Waals surface area contributed by atoms with Crippen molar-refractivity contribution >= 4 is 17.9 Å². The minimum absolute atomic E-state index is 0.471. The molecule has 0 aliphatic rings. The highest BCUT2D eigenvalue weighted by molar-refractivity contribution is 6.32. The van der Waals surface area contributed by atoms with Crippen molar-refractivity contribution in [3.05, 3.63) is 41.4 Å². The Hall–Kier alpha value is -1.28. The van der Waals surface area contributed by atoms with Crippen molar-refractivity contribution < 1.29 is 9.53 Å². The number of ether oxygens (including phenoxy) is 1. The van der Waals surface area contributed by atoms with Gasteiger partial charge in [-0.3, -0.25) is 4.79 Å². The number of rotatable bonds is 6. The highest BCUT2D eigenvalue weighted by Crippen LogP contribution is 2.25. The number of benzene rings is 1. The molecule has 1 aromatic rings. The average molecular weight is 225 g/mol. The quantitative estimate of drug-likeness (QED) is 0.420. The van der Waals surface area contributed by atoms with Gasteiger partial charge in [-0.1, -0.05) is 17.7 Å². The number of hydrogen-bond acceptors (Lipinski definition) is 2. The third-order valence-corrected chi connectivity index (χ3v) is 2.20. The summed E-state index contributed by atoms with van der Waals surface area (Å²) in [5.74, 6) is 0.617. The van der Waals surface area contributed by atoms with Crippen LogP contribution in [0.25, 0.3) is 0 Å². The average Bonchev–Trinajstić information content (AvgIpc) is 2.26. The van der Waals surface area contributed by atoms with Crippen molar-refractivity contribution in [1.29, 1.82) is 0 Å². The van der Waals surface area contributed by atoms with E-state index in [2.05, 4.69) is 6.58 Å². The van der Waals surface area contributed by atoms with E-state index in [0.717, 1.165) is 19.1 Å². The molecule has 0 aliphatic carbocycles. The van der Waals surface area contributed by atoms with E-state index in [1.807, 2.05) is 6.08 Å². The molecule has 2 nitrogen and oxygen atoms in total. The summed E-state index contributed by atoms with van der Waals surface area (Å²) >= 11 is 5.92. The predicted octanol–water partition coefficient (Wildman–Crippen LogP) is 3.50. The number of aldehydes is 1. The van der Waals surface area contributed by atoms with Crippen LogP contribution >= 0.6 is 11.6 Å². The molecule has 0 aromatic heterocycles. The second-order valence-electron chi connectivity index (χ2n) is 3.09. The zero-order valence-corrected chi connectivity index (χ0v) is 9.17. The molecular formula is C12H13ClO2. The van der Waals surface area contributed by atoms with Crippen LogP contribution in [0.4, 0.5) is 0 Å². The van der Waals surface area contributed by atoms with E-state index < -0.39 is 0 Å². The first-order valence-electron chi connectivity index (χ1n) is 4.76. The van der Waals surface area contributed by atoms with Gasteiger partial charge in [0.05, 0.1) is 11.6 Å². The number of carbonyl (C=O) groups is 1. The SMILES string of the molecule is C=CCCCOc1ccc(C=O)cc1Cl. The maximum absolute atomic E-state index is 10.5. The minimum atomic E-state index is 0.471. The normalized spacial score (nSPS) is 9.67. The first kappa shape index (κ1) is 11.8. The summed E-state index contributed by atoms with van der Waals surface area (Å²) in [7, 11) is 0. The lowest BCUT2D eigenvalue weighted by Gasteiger charge is -2.07. The molecule has 3 heteroatoms. The summed E-state index contributed by atoms with van der Waals surface area (Å²) in [6, 6.07) is 4.99. The molecule has 1 aromatic carbocycles. The highest BCUT2D eigenvalue weighted by atomic mass is 35.5. The third kappa shape index (κ3) is 3.76. The Bertz CT molecular complexity index is 347. The molecule has 0 spiro atoms. The van der Waals surface area contributed by atoms with Crippen molar-refractivity contribution in [2.45, 2.75) is 12.8 Å². The Morgan fingerprint density at radius 1 is 1.47 bits per heavy atom. The molecular weight excluding hydrogens is 212 g/mol. The van der Waals surface area contributed by atoms with Crippen LogP contribution in [-0.4, -0.2) is 12.9 Å². The standard InChI is InChI=1S/C12H13ClO2/c1-2-3-4-7-15-12-6-5-10(9-14)8-11(12)13/h2,5-6,8-9H,1,3-4,7H2. The molecule has 0 N–H and O–H groups in total. The van der Waals surface area contributed by atoms with Crippen LogP contribution in [0.1, 0.15) is 23.2 Å². The Balaban J connectivity index is 2.54. The van der Waals surface area contributed by atoms with E-state index in [0.29, 0.717) is 22.9 Å². The summed E-state index contributed by atoms with van der Waals surface area (Å²) < 4.78 is 5.44. The van der Waals surface area contributed by atoms with Gasteiger partial charge in [-0.05, 0) is 31.0 Å². The Kier molecular flexibility index (Phi) is 4.91. The summed E-state index contributed by atoms with van der Waals surface area (Å²) in [6.45, 7) is 4.23. The van der Waals surface area contributed by atoms with Gasteiger partial charge in [0.15, 0.2) is 0 Å². The van der Waals surface area contributed by atoms with Crippen LogP contribution in [0.2, 0.25) is 5.02 Å². The number of carbonyl (C=O) groups excluding carboxylic acids is 1. The summed E-state index contributed by atoms with van der Waals surface area (Å²) in [6.07, 6.45) is 4.44. The molecule has 0 radical (unpaired) electrons. The lowest BCUT2D eigenvalue weighted by atomic mass is 10.2. The van der Waals surface area contributed by atoms with Gasteiger partial charge in [0.25, 0.3) is 0 Å². The second-order valence-corrected chi connectivity index (χ2v) is 3.49. The van der Waals surface area contributed by atoms with E-state index >= 15 is 0 Å². The van der Waals surface area contributed by atoms with Crippen LogP contribution in [0.15, 0.2) is 30.9 Å². The first-order chi connectivity index (χ1) is 7.27. The largest absolute Gasteiger partial charge is 0.492 e. The lowest BCUT2D eigenvalue weighted by Crippen LogP contribution is -1.97. The zero-order valence-electron chi connectivity index (χ0n) is 8.41. The van der Waals surface area contributed by atoms with Crippen molar-refractivity contribution in [2.24, 2.45) is 0 Å². The maximum atomic E-state index is 10.5. The summed E-state index contributed by atoms with van der Waals surface area (Å²) in [4.78, 5) is 10.5. The molecule has 0 heterocycles.